The molecular formula is C15H15NO5. The standard InChI is InChI=1S/C15H15NO5/c16-12(14(17)18)13(15(19)20)21-8-10-6-3-5-9-4-1-2-7-11(9)10/h1-7,12-13H,8,16H2,(H,17,18)(H,19,20)/t12-,13-/m0/s1. The van der Waals surface area contributed by atoms with Crippen molar-refractivity contribution in [2.45, 2.75) is 18.8 Å². The van der Waals surface area contributed by atoms with E-state index in [1.807, 2.05) is 36.4 Å². The van der Waals surface area contributed by atoms with Crippen LogP contribution in [-0.2, 0) is 20.9 Å². The van der Waals surface area contributed by atoms with Crippen LogP contribution in [0.4, 0.5) is 0 Å². The van der Waals surface area contributed by atoms with Crippen molar-refractivity contribution in [2.75, 3.05) is 0 Å². The second kappa shape index (κ2) is 6.34. The molecule has 0 radical (unpaired) electrons. The summed E-state index contributed by atoms with van der Waals surface area (Å²) in [6.45, 7) is -0.0285. The first-order valence-electron chi connectivity index (χ1n) is 6.30. The van der Waals surface area contributed by atoms with Gasteiger partial charge in [-0.25, -0.2) is 4.79 Å². The molecule has 0 unspecified atom stereocenters. The second-order valence-corrected chi connectivity index (χ2v) is 4.57. The van der Waals surface area contributed by atoms with E-state index in [1.165, 1.54) is 0 Å². The fourth-order valence-electron chi connectivity index (χ4n) is 2.06. The van der Waals surface area contributed by atoms with Crippen molar-refractivity contribution in [1.82, 2.24) is 0 Å². The average Bonchev–Trinajstić information content (AvgIpc) is 2.47. The molecule has 21 heavy (non-hydrogen) atoms. The Morgan fingerprint density at radius 3 is 2.38 bits per heavy atom. The van der Waals surface area contributed by atoms with E-state index in [-0.39, 0.29) is 6.61 Å². The minimum Gasteiger partial charge on any atom is -0.480 e. The number of nitrogens with two attached hydrogens (primary N) is 1. The number of hydrogen-bond acceptors (Lipinski definition) is 4. The summed E-state index contributed by atoms with van der Waals surface area (Å²) in [6.07, 6.45) is -1.60. The Labute approximate surface area is 120 Å². The first-order valence-corrected chi connectivity index (χ1v) is 6.30. The number of carboxylic acids is 2. The lowest BCUT2D eigenvalue weighted by Crippen LogP contribution is -2.47. The predicted octanol–water partition coefficient (Wildman–Crippen LogP) is 1.22. The minimum atomic E-state index is -1.61. The van der Waals surface area contributed by atoms with Crippen LogP contribution in [0.2, 0.25) is 0 Å². The molecule has 0 amide bonds. The molecule has 110 valence electrons. The van der Waals surface area contributed by atoms with Crippen molar-refractivity contribution in [3.05, 3.63) is 48.0 Å². The van der Waals surface area contributed by atoms with E-state index in [4.69, 9.17) is 20.7 Å². The Balaban J connectivity index is 2.20. The van der Waals surface area contributed by atoms with Gasteiger partial charge in [0.25, 0.3) is 0 Å². The molecule has 0 saturated heterocycles. The van der Waals surface area contributed by atoms with Gasteiger partial charge >= 0.3 is 11.9 Å². The molecule has 0 fully saturated rings. The van der Waals surface area contributed by atoms with Gasteiger partial charge in [0.05, 0.1) is 6.61 Å². The molecule has 0 aliphatic carbocycles. The summed E-state index contributed by atoms with van der Waals surface area (Å²) >= 11 is 0. The Kier molecular flexibility index (Phi) is 4.52. The SMILES string of the molecule is N[C@H](C(=O)O)[C@H](OCc1cccc2ccccc12)C(=O)O. The van der Waals surface area contributed by atoms with Crippen molar-refractivity contribution in [3.8, 4) is 0 Å². The highest BCUT2D eigenvalue weighted by Gasteiger charge is 2.31. The second-order valence-electron chi connectivity index (χ2n) is 4.57. The van der Waals surface area contributed by atoms with Crippen LogP contribution >= 0.6 is 0 Å². The monoisotopic (exact) mass is 289 g/mol. The molecule has 6 nitrogen and oxygen atoms in total. The molecule has 2 aromatic rings. The summed E-state index contributed by atoms with van der Waals surface area (Å²) in [5.41, 5.74) is 6.11. The van der Waals surface area contributed by atoms with Gasteiger partial charge in [-0.05, 0) is 16.3 Å². The maximum atomic E-state index is 11.1. The highest BCUT2D eigenvalue weighted by molar-refractivity contribution is 5.86. The lowest BCUT2D eigenvalue weighted by atomic mass is 10.1. The fraction of sp³-hybridized carbons (Fsp3) is 0.200. The van der Waals surface area contributed by atoms with E-state index >= 15 is 0 Å². The topological polar surface area (TPSA) is 110 Å². The molecule has 2 atom stereocenters. The summed E-state index contributed by atoms with van der Waals surface area (Å²) in [5.74, 6) is -2.81. The third-order valence-corrected chi connectivity index (χ3v) is 3.15. The summed E-state index contributed by atoms with van der Waals surface area (Å²) in [5, 5.41) is 19.7. The minimum absolute atomic E-state index is 0.0285. The predicted molar refractivity (Wildman–Crippen MR) is 75.8 cm³/mol. The summed E-state index contributed by atoms with van der Waals surface area (Å²) in [7, 11) is 0. The van der Waals surface area contributed by atoms with Gasteiger partial charge in [-0.3, -0.25) is 4.79 Å². The molecule has 0 heterocycles. The normalized spacial score (nSPS) is 13.8. The van der Waals surface area contributed by atoms with Crippen molar-refractivity contribution >= 4 is 22.7 Å². The van der Waals surface area contributed by atoms with Gasteiger partial charge in [0.1, 0.15) is 6.04 Å². The zero-order valence-corrected chi connectivity index (χ0v) is 11.1. The maximum absolute atomic E-state index is 11.1. The molecular weight excluding hydrogens is 274 g/mol. The van der Waals surface area contributed by atoms with Crippen LogP contribution in [0.15, 0.2) is 42.5 Å². The van der Waals surface area contributed by atoms with Crippen LogP contribution in [0.25, 0.3) is 10.8 Å². The fourth-order valence-corrected chi connectivity index (χ4v) is 2.06. The Bertz CT molecular complexity index is 665. The number of fused-ring (bicyclic) bond motifs is 1. The van der Waals surface area contributed by atoms with Gasteiger partial charge < -0.3 is 20.7 Å². The first-order chi connectivity index (χ1) is 10.0. The van der Waals surface area contributed by atoms with E-state index in [9.17, 15) is 9.59 Å². The molecule has 0 bridgehead atoms. The Hall–Kier alpha value is -2.44. The van der Waals surface area contributed by atoms with Crippen LogP contribution in [0.1, 0.15) is 5.56 Å². The molecule has 0 aromatic heterocycles. The highest BCUT2D eigenvalue weighted by atomic mass is 16.5. The molecule has 0 saturated carbocycles. The molecule has 2 rings (SSSR count). The molecule has 4 N–H and O–H groups in total. The largest absolute Gasteiger partial charge is 0.480 e. The third kappa shape index (κ3) is 3.36. The summed E-state index contributed by atoms with van der Waals surface area (Å²) in [4.78, 5) is 21.9. The number of hydrogen-bond donors (Lipinski definition) is 3. The van der Waals surface area contributed by atoms with E-state index in [1.54, 1.807) is 6.07 Å². The van der Waals surface area contributed by atoms with E-state index in [0.717, 1.165) is 16.3 Å². The highest BCUT2D eigenvalue weighted by Crippen LogP contribution is 2.19. The van der Waals surface area contributed by atoms with Crippen LogP contribution in [0.3, 0.4) is 0 Å². The number of rotatable bonds is 6. The Morgan fingerprint density at radius 1 is 1.05 bits per heavy atom. The van der Waals surface area contributed by atoms with E-state index in [2.05, 4.69) is 0 Å². The van der Waals surface area contributed by atoms with E-state index in [0.29, 0.717) is 0 Å². The van der Waals surface area contributed by atoms with Crippen molar-refractivity contribution in [2.24, 2.45) is 5.73 Å². The van der Waals surface area contributed by atoms with Gasteiger partial charge in [0.2, 0.25) is 0 Å². The van der Waals surface area contributed by atoms with Gasteiger partial charge in [-0.1, -0.05) is 42.5 Å². The number of carboxylic acid groups (broad SMARTS) is 2. The van der Waals surface area contributed by atoms with Gasteiger partial charge in [-0.15, -0.1) is 0 Å². The van der Waals surface area contributed by atoms with Crippen LogP contribution in [0, 0.1) is 0 Å². The van der Waals surface area contributed by atoms with Crippen molar-refractivity contribution in [1.29, 1.82) is 0 Å². The van der Waals surface area contributed by atoms with E-state index < -0.39 is 24.1 Å². The van der Waals surface area contributed by atoms with Crippen LogP contribution < -0.4 is 5.73 Å². The molecule has 0 aliphatic rings. The summed E-state index contributed by atoms with van der Waals surface area (Å²) < 4.78 is 5.22. The first kappa shape index (κ1) is 15.0. The summed E-state index contributed by atoms with van der Waals surface area (Å²) in [6, 6.07) is 11.5. The lowest BCUT2D eigenvalue weighted by molar-refractivity contribution is -0.159. The Morgan fingerprint density at radius 2 is 1.71 bits per heavy atom. The average molecular weight is 289 g/mol. The van der Waals surface area contributed by atoms with Gasteiger partial charge in [-0.2, -0.15) is 0 Å². The maximum Gasteiger partial charge on any atom is 0.335 e. The van der Waals surface area contributed by atoms with Gasteiger partial charge in [0.15, 0.2) is 6.10 Å². The molecule has 2 aromatic carbocycles. The van der Waals surface area contributed by atoms with Crippen molar-refractivity contribution < 1.29 is 24.5 Å². The van der Waals surface area contributed by atoms with Gasteiger partial charge in [0, 0.05) is 0 Å². The smallest absolute Gasteiger partial charge is 0.335 e. The lowest BCUT2D eigenvalue weighted by Gasteiger charge is -2.17. The number of aliphatic carboxylic acids is 2. The molecule has 0 spiro atoms. The number of carbonyl (C=O) groups is 2. The van der Waals surface area contributed by atoms with Crippen molar-refractivity contribution in [3.63, 3.8) is 0 Å². The quantitative estimate of drug-likeness (QED) is 0.737. The number of ether oxygens (including phenoxy) is 1. The number of benzene rings is 2. The zero-order chi connectivity index (χ0) is 15.4. The third-order valence-electron chi connectivity index (χ3n) is 3.15. The van der Waals surface area contributed by atoms with Crippen LogP contribution in [0.5, 0.6) is 0 Å². The molecule has 0 aliphatic heterocycles. The molecule has 6 heteroatoms. The zero-order valence-electron chi connectivity index (χ0n) is 11.1. The van der Waals surface area contributed by atoms with Crippen LogP contribution in [-0.4, -0.2) is 34.3 Å².